The van der Waals surface area contributed by atoms with Crippen molar-refractivity contribution in [1.82, 2.24) is 0 Å². The summed E-state index contributed by atoms with van der Waals surface area (Å²) >= 11 is 0. The van der Waals surface area contributed by atoms with Crippen molar-refractivity contribution >= 4 is 10.1 Å². The molecule has 3 aromatic carbocycles. The van der Waals surface area contributed by atoms with E-state index < -0.39 is 15.6 Å². The minimum absolute atomic E-state index is 0.310. The van der Waals surface area contributed by atoms with Crippen LogP contribution in [0.5, 0.6) is 5.75 Å². The number of aromatic hydroxyl groups is 1. The van der Waals surface area contributed by atoms with Crippen molar-refractivity contribution in [3.63, 3.8) is 0 Å². The molecule has 0 heterocycles. The normalized spacial score (nSPS) is 12.6. The Kier molecular flexibility index (Phi) is 5.18. The van der Waals surface area contributed by atoms with E-state index in [9.17, 15) is 18.3 Å². The largest absolute Gasteiger partial charge is 0.522 e. The van der Waals surface area contributed by atoms with Crippen LogP contribution < -0.4 is 0 Å². The van der Waals surface area contributed by atoms with Crippen LogP contribution in [0, 0.1) is 0 Å². The van der Waals surface area contributed by atoms with E-state index in [4.69, 9.17) is 13.0 Å². The number of benzene rings is 3. The van der Waals surface area contributed by atoms with E-state index in [1.807, 2.05) is 12.1 Å². The van der Waals surface area contributed by atoms with Gasteiger partial charge < -0.3 is 5.11 Å². The molecule has 0 bridgehead atoms. The predicted octanol–water partition coefficient (Wildman–Crippen LogP) is 5.02. The average Bonchev–Trinajstić information content (AvgIpc) is 3.00. The highest BCUT2D eigenvalue weighted by atomic mass is 32.2. The smallest absolute Gasteiger partial charge is 0.508 e. The molecule has 0 saturated heterocycles. The van der Waals surface area contributed by atoms with Crippen molar-refractivity contribution < 1.29 is 31.2 Å². The summed E-state index contributed by atoms with van der Waals surface area (Å²) in [5, 5.41) is 9.44. The molecule has 0 atom stereocenters. The van der Waals surface area contributed by atoms with E-state index in [2.05, 4.69) is 42.5 Å². The van der Waals surface area contributed by atoms with Crippen molar-refractivity contribution in [1.29, 1.82) is 0 Å². The Balaban J connectivity index is 0.000000242. The lowest BCUT2D eigenvalue weighted by Crippen LogP contribution is -2.21. The maximum Gasteiger partial charge on any atom is 0.522 e. The van der Waals surface area contributed by atoms with Gasteiger partial charge >= 0.3 is 15.6 Å². The molecular weight excluding hydrogens is 393 g/mol. The van der Waals surface area contributed by atoms with E-state index in [1.54, 1.807) is 12.1 Å². The molecule has 0 spiro atoms. The Morgan fingerprint density at radius 2 is 1.32 bits per heavy atom. The summed E-state index contributed by atoms with van der Waals surface area (Å²) in [4.78, 5) is 0. The second-order valence-corrected chi connectivity index (χ2v) is 7.55. The third-order valence-corrected chi connectivity index (χ3v) is 4.91. The van der Waals surface area contributed by atoms with E-state index in [-0.39, 0.29) is 0 Å². The van der Waals surface area contributed by atoms with Gasteiger partial charge in [0.15, 0.2) is 0 Å². The van der Waals surface area contributed by atoms with E-state index in [0.29, 0.717) is 5.75 Å². The number of halogens is 3. The molecule has 3 aromatic rings. The van der Waals surface area contributed by atoms with E-state index >= 15 is 0 Å². The molecule has 0 aromatic heterocycles. The van der Waals surface area contributed by atoms with Crippen molar-refractivity contribution in [3.05, 3.63) is 77.9 Å². The topological polar surface area (TPSA) is 74.6 Å². The monoisotopic (exact) mass is 408 g/mol. The maximum absolute atomic E-state index is 10.7. The van der Waals surface area contributed by atoms with Gasteiger partial charge in [-0.05, 0) is 51.9 Å². The molecule has 4 nitrogen and oxygen atoms in total. The molecule has 8 heteroatoms. The van der Waals surface area contributed by atoms with Crippen LogP contribution in [0.15, 0.2) is 66.7 Å². The lowest BCUT2D eigenvalue weighted by Gasteiger charge is -2.09. The summed E-state index contributed by atoms with van der Waals surface area (Å²) in [5.41, 5.74) is 2.36. The first kappa shape index (κ1) is 19.9. The van der Waals surface area contributed by atoms with Gasteiger partial charge in [0.25, 0.3) is 0 Å². The first-order valence-corrected chi connectivity index (χ1v) is 9.55. The fourth-order valence-corrected chi connectivity index (χ4v) is 3.07. The third kappa shape index (κ3) is 4.02. The molecule has 146 valence electrons. The first-order chi connectivity index (χ1) is 13.1. The molecule has 0 unspecified atom stereocenters. The summed E-state index contributed by atoms with van der Waals surface area (Å²) < 4.78 is 57.5. The van der Waals surface area contributed by atoms with Gasteiger partial charge in [-0.15, -0.1) is 0 Å². The van der Waals surface area contributed by atoms with Gasteiger partial charge in [0.1, 0.15) is 5.75 Å². The van der Waals surface area contributed by atoms with Gasteiger partial charge in [0, 0.05) is 0 Å². The quantitative estimate of drug-likeness (QED) is 0.342. The van der Waals surface area contributed by atoms with Gasteiger partial charge in [-0.1, -0.05) is 54.6 Å². The molecule has 2 N–H and O–H groups in total. The minimum atomic E-state index is -5.84. The lowest BCUT2D eigenvalue weighted by atomic mass is 9.96. The van der Waals surface area contributed by atoms with E-state index in [0.717, 1.165) is 12.0 Å². The fourth-order valence-electron chi connectivity index (χ4n) is 3.07. The van der Waals surface area contributed by atoms with Crippen LogP contribution in [0.1, 0.15) is 11.1 Å². The zero-order valence-electron chi connectivity index (χ0n) is 14.3. The Bertz CT molecular complexity index is 1110. The molecule has 0 saturated carbocycles. The summed E-state index contributed by atoms with van der Waals surface area (Å²) in [7, 11) is -5.84. The molecule has 1 aliphatic carbocycles. The highest BCUT2D eigenvalue weighted by molar-refractivity contribution is 7.86. The van der Waals surface area contributed by atoms with Gasteiger partial charge in [0.2, 0.25) is 0 Å². The highest BCUT2D eigenvalue weighted by Gasteiger charge is 2.44. The zero-order valence-corrected chi connectivity index (χ0v) is 15.1. The molecule has 0 amide bonds. The Hall–Kier alpha value is -2.84. The SMILES string of the molecule is O=S(=O)(O)C(F)(F)F.Oc1ccc(-c2cccc3c2Cc2ccccc2-3)cc1. The number of hydrogen-bond acceptors (Lipinski definition) is 3. The number of rotatable bonds is 1. The van der Waals surface area contributed by atoms with Crippen LogP contribution in [0.2, 0.25) is 0 Å². The van der Waals surface area contributed by atoms with Crippen LogP contribution in [-0.2, 0) is 16.5 Å². The van der Waals surface area contributed by atoms with Crippen LogP contribution >= 0.6 is 0 Å². The van der Waals surface area contributed by atoms with Crippen LogP contribution in [-0.4, -0.2) is 23.6 Å². The van der Waals surface area contributed by atoms with Gasteiger partial charge in [-0.2, -0.15) is 21.6 Å². The van der Waals surface area contributed by atoms with Crippen molar-refractivity contribution in [3.8, 4) is 28.0 Å². The van der Waals surface area contributed by atoms with Crippen molar-refractivity contribution in [2.75, 3.05) is 0 Å². The lowest BCUT2D eigenvalue weighted by molar-refractivity contribution is -0.0510. The number of phenolic OH excluding ortho intramolecular Hbond substituents is 1. The molecule has 0 fully saturated rings. The third-order valence-electron chi connectivity index (χ3n) is 4.32. The van der Waals surface area contributed by atoms with E-state index in [1.165, 1.54) is 27.8 Å². The Morgan fingerprint density at radius 1 is 0.786 bits per heavy atom. The fraction of sp³-hybridized carbons (Fsp3) is 0.100. The number of fused-ring (bicyclic) bond motifs is 3. The van der Waals surface area contributed by atoms with Gasteiger partial charge in [0.05, 0.1) is 0 Å². The van der Waals surface area contributed by atoms with Gasteiger partial charge in [-0.25, -0.2) is 0 Å². The highest BCUT2D eigenvalue weighted by Crippen LogP contribution is 2.41. The minimum Gasteiger partial charge on any atom is -0.508 e. The predicted molar refractivity (Wildman–Crippen MR) is 99.4 cm³/mol. The maximum atomic E-state index is 10.7. The number of hydrogen-bond donors (Lipinski definition) is 2. The summed E-state index contributed by atoms with van der Waals surface area (Å²) in [6.07, 6.45) is 0.989. The second kappa shape index (κ2) is 7.29. The molecule has 0 radical (unpaired) electrons. The van der Waals surface area contributed by atoms with Crippen LogP contribution in [0.3, 0.4) is 0 Å². The molecule has 0 aliphatic heterocycles. The van der Waals surface area contributed by atoms with Crippen LogP contribution in [0.25, 0.3) is 22.3 Å². The molecule has 28 heavy (non-hydrogen) atoms. The molecular formula is C20H15F3O4S. The van der Waals surface area contributed by atoms with Gasteiger partial charge in [-0.3, -0.25) is 4.55 Å². The zero-order chi connectivity index (χ0) is 20.5. The Labute approximate surface area is 159 Å². The first-order valence-electron chi connectivity index (χ1n) is 8.11. The number of alkyl halides is 3. The summed E-state index contributed by atoms with van der Waals surface area (Å²) in [5.74, 6) is 0.310. The standard InChI is InChI=1S/C19H14O.CHF3O3S/c20-15-10-8-13(9-11-15)16-6-3-7-18-17-5-2-1-4-14(17)12-19(16)18;2-1(3,4)8(5,6)7/h1-11,20H,12H2;(H,5,6,7). The average molecular weight is 408 g/mol. The van der Waals surface area contributed by atoms with Crippen LogP contribution in [0.4, 0.5) is 13.2 Å². The van der Waals surface area contributed by atoms with Crippen molar-refractivity contribution in [2.24, 2.45) is 0 Å². The molecule has 1 aliphatic rings. The summed E-state index contributed by atoms with van der Waals surface area (Å²) in [6.45, 7) is 0. The molecule has 4 rings (SSSR count). The number of phenols is 1. The van der Waals surface area contributed by atoms with Crippen molar-refractivity contribution in [2.45, 2.75) is 11.9 Å². The second-order valence-electron chi connectivity index (χ2n) is 6.13. The summed E-state index contributed by atoms with van der Waals surface area (Å²) in [6, 6.07) is 22.5. The Morgan fingerprint density at radius 3 is 1.93 bits per heavy atom.